The Morgan fingerprint density at radius 1 is 1.06 bits per heavy atom. The van der Waals surface area contributed by atoms with Crippen LogP contribution in [0.1, 0.15) is 0 Å². The molecular weight excluding hydrogens is 285 g/mol. The van der Waals surface area contributed by atoms with Crippen LogP contribution in [0.2, 0.25) is 0 Å². The van der Waals surface area contributed by atoms with Gasteiger partial charge in [0.05, 0.1) is 12.7 Å². The minimum Gasteiger partial charge on any atom is -0.726 e. The van der Waals surface area contributed by atoms with Gasteiger partial charge in [0, 0.05) is 6.54 Å². The molecule has 12 heteroatoms. The molecule has 0 saturated carbocycles. The van der Waals surface area contributed by atoms with Crippen LogP contribution in [-0.2, 0) is 10.4 Å². The fourth-order valence-corrected chi connectivity index (χ4v) is 0.703. The van der Waals surface area contributed by atoms with Gasteiger partial charge in [0.25, 0.3) is 0 Å². The molecule has 0 aromatic rings. The maximum Gasteiger partial charge on any atom is 1.00 e. The maximum absolute atomic E-state index is 9.04. The van der Waals surface area contributed by atoms with Gasteiger partial charge in [0.1, 0.15) is 18.3 Å². The van der Waals surface area contributed by atoms with E-state index >= 15 is 0 Å². The third kappa shape index (κ3) is 14.7. The smallest absolute Gasteiger partial charge is 0.726 e. The number of hydrogen-bond acceptors (Lipinski definition) is 9. The first-order valence-electron chi connectivity index (χ1n) is 4.26. The molecule has 106 valence electrons. The summed E-state index contributed by atoms with van der Waals surface area (Å²) >= 11 is 0. The second-order valence-electron chi connectivity index (χ2n) is 2.96. The van der Waals surface area contributed by atoms with Crippen molar-refractivity contribution in [3.05, 3.63) is 0 Å². The first kappa shape index (κ1) is 23.7. The van der Waals surface area contributed by atoms with Crippen LogP contribution in [0.25, 0.3) is 0 Å². The average Bonchev–Trinajstić information content (AvgIpc) is 2.22. The minimum absolute atomic E-state index is 0. The van der Waals surface area contributed by atoms with Crippen LogP contribution in [-0.4, -0.2) is 80.6 Å². The zero-order valence-corrected chi connectivity index (χ0v) is 12.4. The Balaban J connectivity index is -0.000000321. The molecule has 0 radical (unpaired) electrons. The van der Waals surface area contributed by atoms with Crippen LogP contribution in [0.3, 0.4) is 0 Å². The first-order valence-corrected chi connectivity index (χ1v) is 5.62. The second kappa shape index (κ2) is 11.5. The zero-order valence-electron chi connectivity index (χ0n) is 9.62. The Hall–Kier alpha value is 0.630. The van der Waals surface area contributed by atoms with E-state index in [1.807, 2.05) is 0 Å². The van der Waals surface area contributed by atoms with E-state index in [-0.39, 0.29) is 36.1 Å². The minimum atomic E-state index is -4.92. The molecule has 8 N–H and O–H groups in total. The van der Waals surface area contributed by atoms with Gasteiger partial charge in [-0.2, -0.15) is 0 Å². The van der Waals surface area contributed by atoms with E-state index in [4.69, 9.17) is 48.8 Å². The maximum atomic E-state index is 9.04. The standard InChI is InChI=1S/C6H15NO5.Na.H2O4S/c7-1-3(9)5(11)6(12)4(10)2-8;;1-5(2,3)4/h3-6,8-12H,1-2,7H2;;(H2,1,2,3,4)/q;+1;/p-1/t3-,4+,5+,6+;;/m0../s1. The Morgan fingerprint density at radius 3 is 1.56 bits per heavy atom. The van der Waals surface area contributed by atoms with Crippen molar-refractivity contribution in [2.24, 2.45) is 5.73 Å². The van der Waals surface area contributed by atoms with Gasteiger partial charge in [-0.25, -0.2) is 8.42 Å². The molecule has 0 aromatic carbocycles. The molecular formula is C6H16NNaO9S. The monoisotopic (exact) mass is 301 g/mol. The van der Waals surface area contributed by atoms with Crippen molar-refractivity contribution < 1.29 is 72.6 Å². The molecule has 0 spiro atoms. The van der Waals surface area contributed by atoms with Crippen molar-refractivity contribution in [3.63, 3.8) is 0 Å². The van der Waals surface area contributed by atoms with Gasteiger partial charge < -0.3 is 35.8 Å². The quantitative estimate of drug-likeness (QED) is 0.145. The van der Waals surface area contributed by atoms with E-state index in [9.17, 15) is 0 Å². The number of hydrogen-bond donors (Lipinski definition) is 7. The van der Waals surface area contributed by atoms with E-state index < -0.39 is 41.4 Å². The van der Waals surface area contributed by atoms with Gasteiger partial charge in [0.2, 0.25) is 10.4 Å². The summed E-state index contributed by atoms with van der Waals surface area (Å²) in [5.74, 6) is 0. The van der Waals surface area contributed by atoms with Crippen molar-refractivity contribution in [1.82, 2.24) is 0 Å². The molecule has 0 amide bonds. The van der Waals surface area contributed by atoms with Crippen molar-refractivity contribution in [2.45, 2.75) is 24.4 Å². The van der Waals surface area contributed by atoms with Gasteiger partial charge in [-0.3, -0.25) is 4.55 Å². The van der Waals surface area contributed by atoms with E-state index in [1.165, 1.54) is 0 Å². The van der Waals surface area contributed by atoms with Crippen molar-refractivity contribution in [3.8, 4) is 0 Å². The van der Waals surface area contributed by atoms with E-state index in [2.05, 4.69) is 0 Å². The summed E-state index contributed by atoms with van der Waals surface area (Å²) in [6.07, 6.45) is -5.91. The molecule has 0 aliphatic carbocycles. The van der Waals surface area contributed by atoms with E-state index in [0.29, 0.717) is 0 Å². The molecule has 0 unspecified atom stereocenters. The topological polar surface area (TPSA) is 205 Å². The fourth-order valence-electron chi connectivity index (χ4n) is 0.703. The van der Waals surface area contributed by atoms with E-state index in [0.717, 1.165) is 0 Å². The second-order valence-corrected chi connectivity index (χ2v) is 3.82. The van der Waals surface area contributed by atoms with Crippen LogP contribution in [0, 0.1) is 0 Å². The first-order chi connectivity index (χ1) is 7.54. The average molecular weight is 301 g/mol. The molecule has 0 saturated heterocycles. The Bertz CT molecular complexity index is 265. The summed E-state index contributed by atoms with van der Waals surface area (Å²) in [5.41, 5.74) is 4.99. The Kier molecular flexibility index (Phi) is 15.1. The molecule has 4 atom stereocenters. The van der Waals surface area contributed by atoms with E-state index in [1.54, 1.807) is 0 Å². The van der Waals surface area contributed by atoms with Gasteiger partial charge in [-0.15, -0.1) is 0 Å². The van der Waals surface area contributed by atoms with Crippen molar-refractivity contribution >= 4 is 10.4 Å². The van der Waals surface area contributed by atoms with Crippen molar-refractivity contribution in [1.29, 1.82) is 0 Å². The summed E-state index contributed by atoms with van der Waals surface area (Å²) in [6, 6.07) is 0. The van der Waals surface area contributed by atoms with Crippen LogP contribution in [0.5, 0.6) is 0 Å². The van der Waals surface area contributed by atoms with Gasteiger partial charge >= 0.3 is 29.6 Å². The number of nitrogens with two attached hydrogens (primary N) is 1. The van der Waals surface area contributed by atoms with Crippen LogP contribution < -0.4 is 35.3 Å². The largest absolute Gasteiger partial charge is 1.00 e. The summed E-state index contributed by atoms with van der Waals surface area (Å²) in [7, 11) is -4.92. The fraction of sp³-hybridized carbons (Fsp3) is 1.00. The molecule has 18 heavy (non-hydrogen) atoms. The summed E-state index contributed by atoms with van der Waals surface area (Å²) in [5, 5.41) is 44.2. The normalized spacial score (nSPS) is 17.6. The molecule has 0 bridgehead atoms. The summed E-state index contributed by atoms with van der Waals surface area (Å²) in [4.78, 5) is 0. The molecule has 0 aliphatic rings. The summed E-state index contributed by atoms with van der Waals surface area (Å²) < 4.78 is 32.8. The Labute approximate surface area is 126 Å². The molecule has 0 aromatic heterocycles. The number of aliphatic hydroxyl groups excluding tert-OH is 5. The van der Waals surface area contributed by atoms with Gasteiger partial charge in [-0.05, 0) is 0 Å². The third-order valence-electron chi connectivity index (χ3n) is 1.57. The predicted molar refractivity (Wildman–Crippen MR) is 52.5 cm³/mol. The van der Waals surface area contributed by atoms with Crippen LogP contribution in [0.15, 0.2) is 0 Å². The zero-order chi connectivity index (χ0) is 14.2. The van der Waals surface area contributed by atoms with Crippen LogP contribution >= 0.6 is 0 Å². The molecule has 10 nitrogen and oxygen atoms in total. The van der Waals surface area contributed by atoms with Gasteiger partial charge in [-0.1, -0.05) is 0 Å². The molecule has 0 fully saturated rings. The van der Waals surface area contributed by atoms with Crippen molar-refractivity contribution in [2.75, 3.05) is 13.2 Å². The molecule has 0 heterocycles. The number of rotatable bonds is 5. The molecule has 0 rings (SSSR count). The SMILES string of the molecule is NC[C@H](O)[C@@H](O)[C@H](O)[C@H](O)CO.O=S(=O)([O-])O.[Na+]. The Morgan fingerprint density at radius 2 is 1.33 bits per heavy atom. The van der Waals surface area contributed by atoms with Crippen LogP contribution in [0.4, 0.5) is 0 Å². The molecule has 0 aliphatic heterocycles. The third-order valence-corrected chi connectivity index (χ3v) is 1.57. The number of aliphatic hydroxyl groups is 5. The summed E-state index contributed by atoms with van der Waals surface area (Å²) in [6.45, 7) is -0.911. The van der Waals surface area contributed by atoms with Gasteiger partial charge in [0.15, 0.2) is 0 Å². The predicted octanol–water partition coefficient (Wildman–Crippen LogP) is -7.61.